The van der Waals surface area contributed by atoms with E-state index < -0.39 is 0 Å². The molecule has 1 saturated carbocycles. The maximum atomic E-state index is 12.3. The van der Waals surface area contributed by atoms with E-state index in [9.17, 15) is 4.79 Å². The molecule has 2 rings (SSSR count). The summed E-state index contributed by atoms with van der Waals surface area (Å²) in [5.41, 5.74) is 7.59. The first-order valence-corrected chi connectivity index (χ1v) is 5.66. The van der Waals surface area contributed by atoms with E-state index >= 15 is 0 Å². The molecular weight excluding hydrogens is 202 g/mol. The molecule has 0 aromatic carbocycles. The van der Waals surface area contributed by atoms with Crippen LogP contribution in [0.15, 0.2) is 12.3 Å². The van der Waals surface area contributed by atoms with E-state index in [1.807, 2.05) is 18.7 Å². The Morgan fingerprint density at radius 1 is 1.62 bits per heavy atom. The zero-order valence-electron chi connectivity index (χ0n) is 9.73. The molecule has 0 saturated heterocycles. The number of carbonyl (C=O) groups is 1. The van der Waals surface area contributed by atoms with Gasteiger partial charge in [-0.3, -0.25) is 9.78 Å². The molecule has 0 radical (unpaired) electrons. The van der Waals surface area contributed by atoms with Gasteiger partial charge < -0.3 is 10.6 Å². The lowest BCUT2D eigenvalue weighted by Gasteiger charge is -2.21. The molecule has 1 amide bonds. The Bertz CT molecular complexity index is 413. The molecule has 1 aromatic rings. The monoisotopic (exact) mass is 219 g/mol. The van der Waals surface area contributed by atoms with Crippen LogP contribution in [0.4, 0.5) is 5.69 Å². The number of aryl methyl sites for hydroxylation is 1. The van der Waals surface area contributed by atoms with Gasteiger partial charge >= 0.3 is 0 Å². The standard InChI is InChI=1S/C12H17N3O/c1-3-15(10-4-5-10)12(16)11-6-9(13)7-14-8(11)2/h6-7,10H,3-5,13H2,1-2H3. The van der Waals surface area contributed by atoms with Gasteiger partial charge in [0.05, 0.1) is 23.1 Å². The summed E-state index contributed by atoms with van der Waals surface area (Å²) in [6.07, 6.45) is 3.82. The number of nitrogens with two attached hydrogens (primary N) is 1. The zero-order chi connectivity index (χ0) is 11.7. The van der Waals surface area contributed by atoms with E-state index in [-0.39, 0.29) is 5.91 Å². The molecule has 1 aliphatic rings. The topological polar surface area (TPSA) is 59.2 Å². The summed E-state index contributed by atoms with van der Waals surface area (Å²) in [5, 5.41) is 0. The summed E-state index contributed by atoms with van der Waals surface area (Å²) < 4.78 is 0. The number of hydrogen-bond donors (Lipinski definition) is 1. The summed E-state index contributed by atoms with van der Waals surface area (Å²) in [6.45, 7) is 4.59. The quantitative estimate of drug-likeness (QED) is 0.840. The SMILES string of the molecule is CCN(C(=O)c1cc(N)cnc1C)C1CC1. The molecule has 16 heavy (non-hydrogen) atoms. The molecule has 4 nitrogen and oxygen atoms in total. The molecule has 1 aliphatic carbocycles. The zero-order valence-corrected chi connectivity index (χ0v) is 9.73. The Morgan fingerprint density at radius 3 is 2.88 bits per heavy atom. The molecule has 1 fully saturated rings. The van der Waals surface area contributed by atoms with Gasteiger partial charge in [0.15, 0.2) is 0 Å². The number of aromatic nitrogens is 1. The van der Waals surface area contributed by atoms with Gasteiger partial charge in [-0.15, -0.1) is 0 Å². The van der Waals surface area contributed by atoms with Crippen LogP contribution in [0.1, 0.15) is 35.8 Å². The minimum Gasteiger partial charge on any atom is -0.397 e. The van der Waals surface area contributed by atoms with Gasteiger partial charge in [0, 0.05) is 12.6 Å². The first-order chi connectivity index (χ1) is 7.63. The number of hydrogen-bond acceptors (Lipinski definition) is 3. The highest BCUT2D eigenvalue weighted by atomic mass is 16.2. The van der Waals surface area contributed by atoms with Crippen molar-refractivity contribution in [3.05, 3.63) is 23.5 Å². The predicted octanol–water partition coefficient (Wildman–Crippen LogP) is 1.60. The van der Waals surface area contributed by atoms with Gasteiger partial charge in [-0.2, -0.15) is 0 Å². The summed E-state index contributed by atoms with van der Waals surface area (Å²) >= 11 is 0. The van der Waals surface area contributed by atoms with E-state index in [1.54, 1.807) is 12.3 Å². The first-order valence-electron chi connectivity index (χ1n) is 5.66. The maximum Gasteiger partial charge on any atom is 0.256 e. The van der Waals surface area contributed by atoms with E-state index in [2.05, 4.69) is 4.98 Å². The molecule has 2 N–H and O–H groups in total. The van der Waals surface area contributed by atoms with Crippen molar-refractivity contribution in [2.24, 2.45) is 0 Å². The van der Waals surface area contributed by atoms with Crippen molar-refractivity contribution in [3.8, 4) is 0 Å². The van der Waals surface area contributed by atoms with E-state index in [0.717, 1.165) is 25.1 Å². The lowest BCUT2D eigenvalue weighted by molar-refractivity contribution is 0.0751. The predicted molar refractivity (Wildman–Crippen MR) is 63.1 cm³/mol. The molecule has 1 aromatic heterocycles. The van der Waals surface area contributed by atoms with Crippen molar-refractivity contribution in [1.82, 2.24) is 9.88 Å². The molecule has 0 unspecified atom stereocenters. The van der Waals surface area contributed by atoms with E-state index in [4.69, 9.17) is 5.73 Å². The average Bonchev–Trinajstić information content (AvgIpc) is 3.07. The van der Waals surface area contributed by atoms with Crippen LogP contribution in [-0.2, 0) is 0 Å². The van der Waals surface area contributed by atoms with Crippen LogP contribution in [0.3, 0.4) is 0 Å². The summed E-state index contributed by atoms with van der Waals surface area (Å²) in [6, 6.07) is 2.15. The minimum atomic E-state index is 0.0577. The third-order valence-corrected chi connectivity index (χ3v) is 2.93. The fourth-order valence-corrected chi connectivity index (χ4v) is 1.87. The van der Waals surface area contributed by atoms with E-state index in [1.165, 1.54) is 0 Å². The molecule has 0 aliphatic heterocycles. The highest BCUT2D eigenvalue weighted by molar-refractivity contribution is 5.96. The van der Waals surface area contributed by atoms with Crippen molar-refractivity contribution >= 4 is 11.6 Å². The second-order valence-electron chi connectivity index (χ2n) is 4.22. The van der Waals surface area contributed by atoms with Crippen LogP contribution in [0, 0.1) is 6.92 Å². The maximum absolute atomic E-state index is 12.3. The van der Waals surface area contributed by atoms with Crippen LogP contribution < -0.4 is 5.73 Å². The van der Waals surface area contributed by atoms with Crippen LogP contribution in [0.2, 0.25) is 0 Å². The smallest absolute Gasteiger partial charge is 0.256 e. The Labute approximate surface area is 95.5 Å². The molecule has 4 heteroatoms. The van der Waals surface area contributed by atoms with Crippen LogP contribution >= 0.6 is 0 Å². The van der Waals surface area contributed by atoms with Crippen molar-refractivity contribution < 1.29 is 4.79 Å². The number of nitrogens with zero attached hydrogens (tertiary/aromatic N) is 2. The summed E-state index contributed by atoms with van der Waals surface area (Å²) in [5.74, 6) is 0.0577. The Kier molecular flexibility index (Phi) is 2.81. The number of pyridine rings is 1. The van der Waals surface area contributed by atoms with Crippen molar-refractivity contribution in [2.45, 2.75) is 32.7 Å². The van der Waals surface area contributed by atoms with Gasteiger partial charge in [0.2, 0.25) is 0 Å². The summed E-state index contributed by atoms with van der Waals surface area (Å²) in [4.78, 5) is 18.3. The molecule has 0 bridgehead atoms. The number of rotatable bonds is 3. The normalized spacial score (nSPS) is 14.9. The second kappa shape index (κ2) is 4.12. The molecular formula is C12H17N3O. The molecule has 0 spiro atoms. The van der Waals surface area contributed by atoms with Gasteiger partial charge in [-0.1, -0.05) is 0 Å². The van der Waals surface area contributed by atoms with Crippen LogP contribution in [0.5, 0.6) is 0 Å². The van der Waals surface area contributed by atoms with Crippen LogP contribution in [0.25, 0.3) is 0 Å². The van der Waals surface area contributed by atoms with Crippen molar-refractivity contribution in [2.75, 3.05) is 12.3 Å². The lowest BCUT2D eigenvalue weighted by Crippen LogP contribution is -2.33. The van der Waals surface area contributed by atoms with Gasteiger partial charge in [-0.25, -0.2) is 0 Å². The van der Waals surface area contributed by atoms with E-state index in [0.29, 0.717) is 17.3 Å². The van der Waals surface area contributed by atoms with Crippen molar-refractivity contribution in [3.63, 3.8) is 0 Å². The van der Waals surface area contributed by atoms with Gasteiger partial charge in [0.25, 0.3) is 5.91 Å². The average molecular weight is 219 g/mol. The van der Waals surface area contributed by atoms with Crippen molar-refractivity contribution in [1.29, 1.82) is 0 Å². The van der Waals surface area contributed by atoms with Gasteiger partial charge in [0.1, 0.15) is 0 Å². The number of nitrogen functional groups attached to an aromatic ring is 1. The largest absolute Gasteiger partial charge is 0.397 e. The Balaban J connectivity index is 2.28. The fraction of sp³-hybridized carbons (Fsp3) is 0.500. The lowest BCUT2D eigenvalue weighted by atomic mass is 10.1. The van der Waals surface area contributed by atoms with Gasteiger partial charge in [-0.05, 0) is 32.8 Å². The first kappa shape index (κ1) is 10.9. The number of carbonyl (C=O) groups excluding carboxylic acids is 1. The Morgan fingerprint density at radius 2 is 2.31 bits per heavy atom. The number of amides is 1. The summed E-state index contributed by atoms with van der Waals surface area (Å²) in [7, 11) is 0. The molecule has 0 atom stereocenters. The van der Waals surface area contributed by atoms with Crippen LogP contribution in [-0.4, -0.2) is 28.4 Å². The Hall–Kier alpha value is -1.58. The third kappa shape index (κ3) is 2.01. The number of anilines is 1. The third-order valence-electron chi connectivity index (χ3n) is 2.93. The highest BCUT2D eigenvalue weighted by Gasteiger charge is 2.32. The fourth-order valence-electron chi connectivity index (χ4n) is 1.87. The highest BCUT2D eigenvalue weighted by Crippen LogP contribution is 2.28. The molecule has 1 heterocycles. The second-order valence-corrected chi connectivity index (χ2v) is 4.22. The minimum absolute atomic E-state index is 0.0577. The molecule has 86 valence electrons.